The summed E-state index contributed by atoms with van der Waals surface area (Å²) in [5.74, 6) is 1.99. The number of unbranched alkanes of at least 4 members (excludes halogenated alkanes) is 9. The molecule has 0 fully saturated rings. The second-order valence-electron chi connectivity index (χ2n) is 11.6. The molecule has 254 valence electrons. The van der Waals surface area contributed by atoms with Gasteiger partial charge < -0.3 is 14.2 Å². The van der Waals surface area contributed by atoms with Gasteiger partial charge in [-0.1, -0.05) is 82.9 Å². The third-order valence-corrected chi connectivity index (χ3v) is 13.7. The Morgan fingerprint density at radius 1 is 0.489 bits per heavy atom. The van der Waals surface area contributed by atoms with Crippen molar-refractivity contribution >= 4 is 20.4 Å². The fraction of sp³-hybridized carbons (Fsp3) is 0.385. The first-order chi connectivity index (χ1) is 22.9. The lowest BCUT2D eigenvalue weighted by atomic mass is 10.0. The zero-order valence-corrected chi connectivity index (χ0v) is 29.9. The van der Waals surface area contributed by atoms with Crippen LogP contribution in [0.2, 0.25) is 0 Å². The highest BCUT2D eigenvalue weighted by molar-refractivity contribution is 8.33. The van der Waals surface area contributed by atoms with Gasteiger partial charge in [-0.05, 0) is 108 Å². The molecule has 0 amide bonds. The number of hydrogen-bond donors (Lipinski definition) is 0. The molecule has 0 unspecified atom stereocenters. The van der Waals surface area contributed by atoms with E-state index in [1.165, 1.54) is 51.4 Å². The van der Waals surface area contributed by atoms with Crippen LogP contribution in [0, 0.1) is 0 Å². The summed E-state index contributed by atoms with van der Waals surface area (Å²) >= 11 is 0. The maximum absolute atomic E-state index is 14.6. The highest BCUT2D eigenvalue weighted by Gasteiger charge is 2.39. The maximum Gasteiger partial charge on any atom is 0.307 e. The van der Waals surface area contributed by atoms with E-state index in [9.17, 15) is 8.42 Å². The predicted molar refractivity (Wildman–Crippen MR) is 192 cm³/mol. The van der Waals surface area contributed by atoms with E-state index in [1.807, 2.05) is 84.9 Å². The van der Waals surface area contributed by atoms with Gasteiger partial charge in [0.05, 0.1) is 26.2 Å². The molecule has 0 saturated heterocycles. The molecule has 47 heavy (non-hydrogen) atoms. The molecule has 0 atom stereocenters. The Kier molecular flexibility index (Phi) is 14.1. The lowest BCUT2D eigenvalue weighted by molar-refractivity contribution is 0.414. The third kappa shape index (κ3) is 9.55. The number of ether oxygens (including phenoxy) is 3. The van der Waals surface area contributed by atoms with Crippen LogP contribution in [0.15, 0.2) is 117 Å². The Hall–Kier alpha value is -3.46. The van der Waals surface area contributed by atoms with E-state index in [0.29, 0.717) is 38.4 Å². The van der Waals surface area contributed by atoms with Gasteiger partial charge in [0.1, 0.15) is 17.2 Å². The number of hydrogen-bond acceptors (Lipinski definition) is 6. The molecule has 4 aromatic carbocycles. The van der Waals surface area contributed by atoms with E-state index in [-0.39, 0.29) is 4.90 Å². The average molecular weight is 679 g/mol. The van der Waals surface area contributed by atoms with Crippen molar-refractivity contribution in [2.45, 2.75) is 97.1 Å². The van der Waals surface area contributed by atoms with Gasteiger partial charge >= 0.3 is 10.1 Å². The molecular formula is C39H50O6S2. The van der Waals surface area contributed by atoms with Gasteiger partial charge in [0.15, 0.2) is 0 Å². The number of aryl methyl sites for hydroxylation is 1. The molecule has 0 aliphatic carbocycles. The lowest BCUT2D eigenvalue weighted by Gasteiger charge is -2.39. The standard InChI is InChI=1S/C39H50O6S2/c1-5-6-7-8-9-10-11-12-13-14-17-32-18-15-16-19-39(32)47(40,41)45-46(36-26-20-33(42-2)21-27-36,37-28-22-34(43-3)23-29-37)38-30-24-35(44-4)25-31-38/h15-16,18-31H,5-14,17H2,1-4H3. The minimum Gasteiger partial charge on any atom is -0.497 e. The van der Waals surface area contributed by atoms with Crippen LogP contribution in [0.5, 0.6) is 17.2 Å². The van der Waals surface area contributed by atoms with Gasteiger partial charge in [-0.2, -0.15) is 8.42 Å². The number of rotatable bonds is 20. The summed E-state index contributed by atoms with van der Waals surface area (Å²) in [4.78, 5) is 2.35. The highest BCUT2D eigenvalue weighted by Crippen LogP contribution is 2.70. The Bertz CT molecular complexity index is 1490. The first-order valence-corrected chi connectivity index (χ1v) is 19.6. The van der Waals surface area contributed by atoms with Gasteiger partial charge in [0, 0.05) is 14.7 Å². The second-order valence-corrected chi connectivity index (χ2v) is 16.1. The Morgan fingerprint density at radius 2 is 0.872 bits per heavy atom. The maximum atomic E-state index is 14.6. The quantitative estimate of drug-likeness (QED) is 0.0867. The fourth-order valence-corrected chi connectivity index (χ4v) is 11.2. The van der Waals surface area contributed by atoms with Crippen molar-refractivity contribution in [3.63, 3.8) is 0 Å². The molecule has 0 saturated carbocycles. The minimum absolute atomic E-state index is 0.211. The molecule has 0 aliphatic heterocycles. The summed E-state index contributed by atoms with van der Waals surface area (Å²) < 4.78 is 52.1. The molecule has 4 rings (SSSR count). The van der Waals surface area contributed by atoms with Crippen molar-refractivity contribution in [3.8, 4) is 17.2 Å². The van der Waals surface area contributed by atoms with Gasteiger partial charge in [-0.3, -0.25) is 0 Å². The van der Waals surface area contributed by atoms with E-state index in [1.54, 1.807) is 33.5 Å². The summed E-state index contributed by atoms with van der Waals surface area (Å²) in [5.41, 5.74) is 0.777. The monoisotopic (exact) mass is 678 g/mol. The first kappa shape index (κ1) is 36.4. The van der Waals surface area contributed by atoms with Crippen molar-refractivity contribution in [1.82, 2.24) is 0 Å². The second kappa shape index (κ2) is 18.2. The van der Waals surface area contributed by atoms with Gasteiger partial charge in [0.2, 0.25) is 0 Å². The normalized spacial score (nSPS) is 12.1. The first-order valence-electron chi connectivity index (χ1n) is 16.7. The summed E-state index contributed by atoms with van der Waals surface area (Å²) in [6.07, 6.45) is 12.9. The van der Waals surface area contributed by atoms with E-state index in [4.69, 9.17) is 17.8 Å². The molecule has 4 aromatic rings. The lowest BCUT2D eigenvalue weighted by Crippen LogP contribution is -2.16. The Labute approximate surface area is 284 Å². The van der Waals surface area contributed by atoms with Crippen molar-refractivity contribution in [2.24, 2.45) is 0 Å². The Morgan fingerprint density at radius 3 is 1.28 bits per heavy atom. The highest BCUT2D eigenvalue weighted by atomic mass is 32.3. The van der Waals surface area contributed by atoms with Gasteiger partial charge in [-0.15, -0.1) is 0 Å². The van der Waals surface area contributed by atoms with Crippen LogP contribution in [0.3, 0.4) is 0 Å². The summed E-state index contributed by atoms with van der Waals surface area (Å²) in [5, 5.41) is 0. The zero-order valence-electron chi connectivity index (χ0n) is 28.3. The minimum atomic E-state index is -4.26. The molecule has 0 N–H and O–H groups in total. The van der Waals surface area contributed by atoms with Crippen LogP contribution in [-0.4, -0.2) is 29.7 Å². The number of benzene rings is 4. The van der Waals surface area contributed by atoms with Crippen molar-refractivity contribution < 1.29 is 26.3 Å². The van der Waals surface area contributed by atoms with Crippen LogP contribution in [0.4, 0.5) is 0 Å². The molecule has 0 aliphatic rings. The van der Waals surface area contributed by atoms with E-state index >= 15 is 0 Å². The summed E-state index contributed by atoms with van der Waals surface area (Å²) in [6.45, 7) is 2.25. The van der Waals surface area contributed by atoms with Gasteiger partial charge in [0.25, 0.3) is 0 Å². The van der Waals surface area contributed by atoms with E-state index in [0.717, 1.165) is 18.4 Å². The van der Waals surface area contributed by atoms with Crippen molar-refractivity contribution in [3.05, 3.63) is 103 Å². The van der Waals surface area contributed by atoms with Crippen LogP contribution in [0.25, 0.3) is 0 Å². The number of methoxy groups -OCH3 is 3. The molecule has 0 bridgehead atoms. The van der Waals surface area contributed by atoms with Crippen LogP contribution in [-0.2, 0) is 20.2 Å². The molecule has 0 radical (unpaired) electrons. The molecule has 6 nitrogen and oxygen atoms in total. The average Bonchev–Trinajstić information content (AvgIpc) is 3.11. The summed E-state index contributed by atoms with van der Waals surface area (Å²) in [6, 6.07) is 29.5. The van der Waals surface area contributed by atoms with E-state index in [2.05, 4.69) is 6.92 Å². The van der Waals surface area contributed by atoms with Crippen LogP contribution in [0.1, 0.15) is 76.7 Å². The SMILES string of the molecule is CCCCCCCCCCCCc1ccccc1S(=O)(=O)OS(c1ccc(OC)cc1)(c1ccc(OC)cc1)c1ccc(OC)cc1. The van der Waals surface area contributed by atoms with Gasteiger partial charge in [-0.25, -0.2) is 3.63 Å². The van der Waals surface area contributed by atoms with Crippen molar-refractivity contribution in [1.29, 1.82) is 0 Å². The van der Waals surface area contributed by atoms with Crippen LogP contribution < -0.4 is 14.2 Å². The fourth-order valence-electron chi connectivity index (χ4n) is 5.76. The molecule has 0 spiro atoms. The summed E-state index contributed by atoms with van der Waals surface area (Å²) in [7, 11) is -2.27. The molecule has 0 heterocycles. The topological polar surface area (TPSA) is 71.1 Å². The Balaban J connectivity index is 1.68. The largest absolute Gasteiger partial charge is 0.497 e. The van der Waals surface area contributed by atoms with Crippen molar-refractivity contribution in [2.75, 3.05) is 21.3 Å². The molecular weight excluding hydrogens is 629 g/mol. The third-order valence-electron chi connectivity index (χ3n) is 8.41. The van der Waals surface area contributed by atoms with E-state index < -0.39 is 20.4 Å². The van der Waals surface area contributed by atoms with Crippen LogP contribution >= 0.6 is 10.3 Å². The molecule has 8 heteroatoms. The predicted octanol–water partition coefficient (Wildman–Crippen LogP) is 10.8. The zero-order chi connectivity index (χ0) is 33.5. The molecule has 0 aromatic heterocycles. The smallest absolute Gasteiger partial charge is 0.307 e.